The van der Waals surface area contributed by atoms with Crippen LogP contribution in [0.15, 0.2) is 11.6 Å². The van der Waals surface area contributed by atoms with Crippen LogP contribution >= 0.6 is 0 Å². The van der Waals surface area contributed by atoms with Crippen molar-refractivity contribution in [1.29, 1.82) is 0 Å². The van der Waals surface area contributed by atoms with Crippen LogP contribution in [0.1, 0.15) is 33.6 Å². The first-order chi connectivity index (χ1) is 5.06. The van der Waals surface area contributed by atoms with Gasteiger partial charge >= 0.3 is 0 Å². The highest BCUT2D eigenvalue weighted by molar-refractivity contribution is 5.57. The van der Waals surface area contributed by atoms with Gasteiger partial charge in [0, 0.05) is 5.92 Å². The molecule has 0 fully saturated rings. The van der Waals surface area contributed by atoms with E-state index in [1.54, 1.807) is 0 Å². The monoisotopic (exact) mass is 152 g/mol. The first-order valence-corrected chi connectivity index (χ1v) is 4.20. The average Bonchev–Trinajstić information content (AvgIpc) is 1.95. The van der Waals surface area contributed by atoms with Gasteiger partial charge in [0.05, 0.1) is 0 Å². The van der Waals surface area contributed by atoms with Crippen molar-refractivity contribution in [2.75, 3.05) is 0 Å². The van der Waals surface area contributed by atoms with Gasteiger partial charge in [-0.25, -0.2) is 0 Å². The van der Waals surface area contributed by atoms with E-state index >= 15 is 0 Å². The summed E-state index contributed by atoms with van der Waals surface area (Å²) in [4.78, 5) is 10.5. The Morgan fingerprint density at radius 3 is 2.73 bits per heavy atom. The Kier molecular flexibility index (Phi) is 2.17. The van der Waals surface area contributed by atoms with Gasteiger partial charge in [0.15, 0.2) is 0 Å². The zero-order valence-corrected chi connectivity index (χ0v) is 7.55. The maximum atomic E-state index is 10.5. The van der Waals surface area contributed by atoms with Gasteiger partial charge in [-0.05, 0) is 25.2 Å². The fraction of sp³-hybridized carbons (Fsp3) is 0.700. The first-order valence-electron chi connectivity index (χ1n) is 4.20. The molecule has 0 radical (unpaired) electrons. The lowest BCUT2D eigenvalue weighted by molar-refractivity contribution is -0.110. The summed E-state index contributed by atoms with van der Waals surface area (Å²) in [6, 6.07) is 0. The predicted molar refractivity (Wildman–Crippen MR) is 46.3 cm³/mol. The Bertz CT molecular complexity index is 189. The molecule has 1 heteroatoms. The zero-order chi connectivity index (χ0) is 8.48. The molecule has 0 aromatic heterocycles. The zero-order valence-electron chi connectivity index (χ0n) is 7.55. The number of hydrogen-bond donors (Lipinski definition) is 0. The number of allylic oxidation sites excluding steroid dienone is 2. The van der Waals surface area contributed by atoms with Crippen LogP contribution in [0.4, 0.5) is 0 Å². The molecule has 0 aromatic rings. The third-order valence-corrected chi connectivity index (χ3v) is 2.81. The smallest absolute Gasteiger partial charge is 0.126 e. The molecule has 1 atom stereocenters. The molecule has 11 heavy (non-hydrogen) atoms. The van der Waals surface area contributed by atoms with E-state index in [0.29, 0.717) is 5.41 Å². The summed E-state index contributed by atoms with van der Waals surface area (Å²) in [6.07, 6.45) is 5.32. The van der Waals surface area contributed by atoms with Crippen molar-refractivity contribution in [2.45, 2.75) is 33.6 Å². The Morgan fingerprint density at radius 2 is 2.27 bits per heavy atom. The Balaban J connectivity index is 2.79. The highest BCUT2D eigenvalue weighted by Crippen LogP contribution is 2.37. The molecule has 0 spiro atoms. The SMILES string of the molecule is CC1=CC(C=O)CCC1(C)C. The van der Waals surface area contributed by atoms with Crippen LogP contribution < -0.4 is 0 Å². The summed E-state index contributed by atoms with van der Waals surface area (Å²) in [5.41, 5.74) is 1.68. The van der Waals surface area contributed by atoms with Gasteiger partial charge in [-0.15, -0.1) is 0 Å². The molecule has 0 bridgehead atoms. The summed E-state index contributed by atoms with van der Waals surface area (Å²) in [5, 5.41) is 0. The third-order valence-electron chi connectivity index (χ3n) is 2.81. The topological polar surface area (TPSA) is 17.1 Å². The largest absolute Gasteiger partial charge is 0.303 e. The van der Waals surface area contributed by atoms with Gasteiger partial charge < -0.3 is 4.79 Å². The molecule has 1 unspecified atom stereocenters. The van der Waals surface area contributed by atoms with E-state index in [-0.39, 0.29) is 5.92 Å². The maximum Gasteiger partial charge on any atom is 0.126 e. The van der Waals surface area contributed by atoms with Crippen molar-refractivity contribution >= 4 is 6.29 Å². The van der Waals surface area contributed by atoms with E-state index in [0.717, 1.165) is 19.1 Å². The van der Waals surface area contributed by atoms with Crippen molar-refractivity contribution < 1.29 is 4.79 Å². The number of hydrogen-bond acceptors (Lipinski definition) is 1. The van der Waals surface area contributed by atoms with Crippen LogP contribution in [-0.4, -0.2) is 6.29 Å². The summed E-state index contributed by atoms with van der Waals surface area (Å²) >= 11 is 0. The van der Waals surface area contributed by atoms with Gasteiger partial charge in [-0.3, -0.25) is 0 Å². The second kappa shape index (κ2) is 2.80. The molecule has 1 nitrogen and oxygen atoms in total. The van der Waals surface area contributed by atoms with E-state index in [1.807, 2.05) is 0 Å². The summed E-state index contributed by atoms with van der Waals surface area (Å²) in [6.45, 7) is 6.59. The highest BCUT2D eigenvalue weighted by atomic mass is 16.1. The highest BCUT2D eigenvalue weighted by Gasteiger charge is 2.26. The minimum atomic E-state index is 0.183. The number of carbonyl (C=O) groups excluding carboxylic acids is 1. The van der Waals surface area contributed by atoms with E-state index in [1.165, 1.54) is 5.57 Å². The third kappa shape index (κ3) is 1.70. The number of aldehydes is 1. The molecule has 1 aliphatic rings. The number of rotatable bonds is 1. The molecule has 62 valence electrons. The van der Waals surface area contributed by atoms with Crippen molar-refractivity contribution in [3.63, 3.8) is 0 Å². The molecule has 0 heterocycles. The van der Waals surface area contributed by atoms with Crippen LogP contribution in [0.25, 0.3) is 0 Å². The molecule has 0 amide bonds. The molecule has 0 saturated heterocycles. The van der Waals surface area contributed by atoms with Crippen LogP contribution in [-0.2, 0) is 4.79 Å². The van der Waals surface area contributed by atoms with Crippen LogP contribution in [0.2, 0.25) is 0 Å². The van der Waals surface area contributed by atoms with Crippen LogP contribution in [0.3, 0.4) is 0 Å². The second-order valence-electron chi connectivity index (χ2n) is 4.07. The predicted octanol–water partition coefficient (Wildman–Crippen LogP) is 2.57. The molecule has 0 N–H and O–H groups in total. The Hall–Kier alpha value is -0.590. The van der Waals surface area contributed by atoms with E-state index in [2.05, 4.69) is 26.8 Å². The minimum Gasteiger partial charge on any atom is -0.303 e. The lowest BCUT2D eigenvalue weighted by atomic mass is 9.73. The van der Waals surface area contributed by atoms with Gasteiger partial charge in [0.2, 0.25) is 0 Å². The lowest BCUT2D eigenvalue weighted by Crippen LogP contribution is -2.20. The lowest BCUT2D eigenvalue weighted by Gasteiger charge is -2.31. The van der Waals surface area contributed by atoms with Crippen molar-refractivity contribution in [1.82, 2.24) is 0 Å². The molecule has 0 aliphatic heterocycles. The summed E-state index contributed by atoms with van der Waals surface area (Å²) in [7, 11) is 0. The molecule has 1 rings (SSSR count). The first kappa shape index (κ1) is 8.51. The quantitative estimate of drug-likeness (QED) is 0.417. The second-order valence-corrected chi connectivity index (χ2v) is 4.07. The molecule has 0 aromatic carbocycles. The van der Waals surface area contributed by atoms with Crippen molar-refractivity contribution in [3.05, 3.63) is 11.6 Å². The van der Waals surface area contributed by atoms with E-state index < -0.39 is 0 Å². The van der Waals surface area contributed by atoms with E-state index in [4.69, 9.17) is 0 Å². The van der Waals surface area contributed by atoms with Crippen molar-refractivity contribution in [2.24, 2.45) is 11.3 Å². The van der Waals surface area contributed by atoms with Gasteiger partial charge in [-0.2, -0.15) is 0 Å². The minimum absolute atomic E-state index is 0.183. The van der Waals surface area contributed by atoms with Crippen LogP contribution in [0, 0.1) is 11.3 Å². The van der Waals surface area contributed by atoms with Gasteiger partial charge in [0.1, 0.15) is 6.29 Å². The maximum absolute atomic E-state index is 10.5. The fourth-order valence-electron chi connectivity index (χ4n) is 1.46. The molecular weight excluding hydrogens is 136 g/mol. The standard InChI is InChI=1S/C10H16O/c1-8-6-9(7-11)4-5-10(8,2)3/h6-7,9H,4-5H2,1-3H3. The summed E-state index contributed by atoms with van der Waals surface area (Å²) < 4.78 is 0. The average molecular weight is 152 g/mol. The molecular formula is C10H16O. The van der Waals surface area contributed by atoms with Crippen LogP contribution in [0.5, 0.6) is 0 Å². The molecule has 0 saturated carbocycles. The van der Waals surface area contributed by atoms with Gasteiger partial charge in [0.25, 0.3) is 0 Å². The molecule has 1 aliphatic carbocycles. The van der Waals surface area contributed by atoms with Gasteiger partial charge in [-0.1, -0.05) is 25.5 Å². The fourth-order valence-corrected chi connectivity index (χ4v) is 1.46. The van der Waals surface area contributed by atoms with E-state index in [9.17, 15) is 4.79 Å². The van der Waals surface area contributed by atoms with Crippen molar-refractivity contribution in [3.8, 4) is 0 Å². The Labute approximate surface area is 68.5 Å². The number of carbonyl (C=O) groups is 1. The summed E-state index contributed by atoms with van der Waals surface area (Å²) in [5.74, 6) is 0.183. The normalized spacial score (nSPS) is 29.4. The Morgan fingerprint density at radius 1 is 1.64 bits per heavy atom.